The Hall–Kier alpha value is -3.38. The van der Waals surface area contributed by atoms with E-state index in [0.717, 1.165) is 35.4 Å². The zero-order valence-electron chi connectivity index (χ0n) is 18.7. The lowest BCUT2D eigenvalue weighted by molar-refractivity contribution is 0.102. The van der Waals surface area contributed by atoms with Gasteiger partial charge in [0.05, 0.1) is 5.69 Å². The van der Waals surface area contributed by atoms with E-state index in [1.165, 1.54) is 5.69 Å². The van der Waals surface area contributed by atoms with Gasteiger partial charge in [-0.15, -0.1) is 10.2 Å². The van der Waals surface area contributed by atoms with Crippen LogP contribution in [0.15, 0.2) is 54.6 Å². The number of aromatic nitrogens is 3. The lowest BCUT2D eigenvalue weighted by Crippen LogP contribution is -2.21. The van der Waals surface area contributed by atoms with Crippen molar-refractivity contribution in [2.75, 3.05) is 23.3 Å². The summed E-state index contributed by atoms with van der Waals surface area (Å²) in [7, 11) is 0. The van der Waals surface area contributed by atoms with Crippen molar-refractivity contribution in [1.82, 2.24) is 15.0 Å². The van der Waals surface area contributed by atoms with E-state index in [4.69, 9.17) is 11.6 Å². The van der Waals surface area contributed by atoms with Crippen LogP contribution in [0.5, 0.6) is 0 Å². The molecule has 0 radical (unpaired) electrons. The summed E-state index contributed by atoms with van der Waals surface area (Å²) in [5.41, 5.74) is 6.82. The molecule has 0 unspecified atom stereocenters. The molecular formula is C25H26ClN5O. The van der Waals surface area contributed by atoms with Crippen molar-refractivity contribution in [3.05, 3.63) is 76.3 Å². The molecule has 164 valence electrons. The van der Waals surface area contributed by atoms with Gasteiger partial charge >= 0.3 is 0 Å². The Kier molecular flexibility index (Phi) is 6.15. The second-order valence-electron chi connectivity index (χ2n) is 7.75. The van der Waals surface area contributed by atoms with Gasteiger partial charge in [0, 0.05) is 35.1 Å². The number of rotatable bonds is 6. The maximum atomic E-state index is 12.6. The van der Waals surface area contributed by atoms with E-state index < -0.39 is 0 Å². The first-order valence-electron chi connectivity index (χ1n) is 10.7. The zero-order chi connectivity index (χ0) is 22.8. The summed E-state index contributed by atoms with van der Waals surface area (Å²) < 4.78 is 0. The molecule has 1 aromatic heterocycles. The highest BCUT2D eigenvalue weighted by molar-refractivity contribution is 6.31. The minimum absolute atomic E-state index is 0.217. The largest absolute Gasteiger partial charge is 0.372 e. The van der Waals surface area contributed by atoms with Gasteiger partial charge < -0.3 is 10.2 Å². The number of halogens is 1. The average molecular weight is 448 g/mol. The van der Waals surface area contributed by atoms with Crippen molar-refractivity contribution in [1.29, 1.82) is 0 Å². The first-order chi connectivity index (χ1) is 15.4. The van der Waals surface area contributed by atoms with Gasteiger partial charge in [-0.3, -0.25) is 4.79 Å². The standard InChI is InChI=1S/C25H26ClN5O/c1-5-30(6-2)20-10-11-24(17(4)12-20)31-28-22-13-16(3)21(15-23(22)29-31)27-25(32)18-8-7-9-19(26)14-18/h7-15H,5-6H2,1-4H3,(H,27,32). The lowest BCUT2D eigenvalue weighted by Gasteiger charge is -2.22. The number of nitrogens with one attached hydrogen (secondary N) is 1. The Morgan fingerprint density at radius 1 is 0.969 bits per heavy atom. The Morgan fingerprint density at radius 3 is 2.34 bits per heavy atom. The lowest BCUT2D eigenvalue weighted by atomic mass is 10.1. The van der Waals surface area contributed by atoms with E-state index in [1.54, 1.807) is 29.1 Å². The highest BCUT2D eigenvalue weighted by atomic mass is 35.5. The maximum absolute atomic E-state index is 12.6. The van der Waals surface area contributed by atoms with Crippen molar-refractivity contribution < 1.29 is 4.79 Å². The first-order valence-corrected chi connectivity index (χ1v) is 11.1. The third kappa shape index (κ3) is 4.32. The average Bonchev–Trinajstić information content (AvgIpc) is 3.17. The molecule has 0 fully saturated rings. The number of benzene rings is 3. The van der Waals surface area contributed by atoms with Crippen molar-refractivity contribution in [2.24, 2.45) is 0 Å². The Balaban J connectivity index is 1.65. The number of hydrogen-bond donors (Lipinski definition) is 1. The van der Waals surface area contributed by atoms with Gasteiger partial charge in [-0.2, -0.15) is 4.80 Å². The van der Waals surface area contributed by atoms with Gasteiger partial charge in [0.15, 0.2) is 0 Å². The van der Waals surface area contributed by atoms with Gasteiger partial charge in [0.2, 0.25) is 0 Å². The van der Waals surface area contributed by atoms with Crippen LogP contribution in [-0.4, -0.2) is 34.0 Å². The minimum Gasteiger partial charge on any atom is -0.372 e. The molecule has 32 heavy (non-hydrogen) atoms. The third-order valence-corrected chi connectivity index (χ3v) is 5.82. The van der Waals surface area contributed by atoms with Crippen LogP contribution in [0.2, 0.25) is 5.02 Å². The van der Waals surface area contributed by atoms with Crippen molar-refractivity contribution in [2.45, 2.75) is 27.7 Å². The van der Waals surface area contributed by atoms with Crippen LogP contribution in [0.1, 0.15) is 35.3 Å². The van der Waals surface area contributed by atoms with E-state index in [2.05, 4.69) is 59.4 Å². The molecule has 4 aromatic rings. The summed E-state index contributed by atoms with van der Waals surface area (Å²) in [6.45, 7) is 10.2. The van der Waals surface area contributed by atoms with E-state index >= 15 is 0 Å². The second-order valence-corrected chi connectivity index (χ2v) is 8.19. The van der Waals surface area contributed by atoms with Crippen LogP contribution >= 0.6 is 11.6 Å². The normalized spacial score (nSPS) is 11.0. The fraction of sp³-hybridized carbons (Fsp3) is 0.240. The van der Waals surface area contributed by atoms with Gasteiger partial charge in [0.25, 0.3) is 5.91 Å². The Bertz CT molecular complexity index is 1290. The molecule has 4 rings (SSSR count). The summed E-state index contributed by atoms with van der Waals surface area (Å²) in [4.78, 5) is 16.6. The summed E-state index contributed by atoms with van der Waals surface area (Å²) in [6, 6.07) is 17.0. The second kappa shape index (κ2) is 9.01. The van der Waals surface area contributed by atoms with E-state index in [1.807, 2.05) is 19.1 Å². The van der Waals surface area contributed by atoms with E-state index in [9.17, 15) is 4.79 Å². The minimum atomic E-state index is -0.217. The summed E-state index contributed by atoms with van der Waals surface area (Å²) in [5, 5.41) is 12.8. The molecule has 0 spiro atoms. The third-order valence-electron chi connectivity index (χ3n) is 5.59. The van der Waals surface area contributed by atoms with Crippen LogP contribution < -0.4 is 10.2 Å². The van der Waals surface area contributed by atoms with Crippen LogP contribution in [0.25, 0.3) is 16.7 Å². The first kappa shape index (κ1) is 21.8. The predicted molar refractivity (Wildman–Crippen MR) is 131 cm³/mol. The van der Waals surface area contributed by atoms with Crippen molar-refractivity contribution in [3.8, 4) is 5.69 Å². The number of fused-ring (bicyclic) bond motifs is 1. The molecule has 1 N–H and O–H groups in total. The molecular weight excluding hydrogens is 422 g/mol. The molecule has 6 nitrogen and oxygen atoms in total. The molecule has 0 bridgehead atoms. The summed E-state index contributed by atoms with van der Waals surface area (Å²) in [6.07, 6.45) is 0. The Labute approximate surface area is 192 Å². The molecule has 3 aromatic carbocycles. The molecule has 0 atom stereocenters. The Morgan fingerprint density at radius 2 is 1.69 bits per heavy atom. The number of hydrogen-bond acceptors (Lipinski definition) is 4. The molecule has 7 heteroatoms. The molecule has 1 heterocycles. The molecule has 0 aliphatic heterocycles. The monoisotopic (exact) mass is 447 g/mol. The summed E-state index contributed by atoms with van der Waals surface area (Å²) in [5.74, 6) is -0.217. The maximum Gasteiger partial charge on any atom is 0.255 e. The number of carbonyl (C=O) groups is 1. The zero-order valence-corrected chi connectivity index (χ0v) is 19.4. The number of carbonyl (C=O) groups excluding carboxylic acids is 1. The molecule has 0 saturated carbocycles. The topological polar surface area (TPSA) is 63.1 Å². The highest BCUT2D eigenvalue weighted by Gasteiger charge is 2.14. The molecule has 0 saturated heterocycles. The van der Waals surface area contributed by atoms with Crippen LogP contribution in [-0.2, 0) is 0 Å². The predicted octanol–water partition coefficient (Wildman–Crippen LogP) is 5.79. The molecule has 1 amide bonds. The number of anilines is 2. The van der Waals surface area contributed by atoms with Crippen molar-refractivity contribution in [3.63, 3.8) is 0 Å². The molecule has 0 aliphatic carbocycles. The quantitative estimate of drug-likeness (QED) is 0.406. The SMILES string of the molecule is CCN(CC)c1ccc(-n2nc3cc(C)c(NC(=O)c4cccc(Cl)c4)cc3n2)c(C)c1. The van der Waals surface area contributed by atoms with Crippen molar-refractivity contribution >= 4 is 39.9 Å². The summed E-state index contributed by atoms with van der Waals surface area (Å²) >= 11 is 6.01. The van der Waals surface area contributed by atoms with Gasteiger partial charge in [-0.1, -0.05) is 17.7 Å². The fourth-order valence-corrected chi connectivity index (χ4v) is 3.97. The van der Waals surface area contributed by atoms with Crippen LogP contribution in [0, 0.1) is 13.8 Å². The number of nitrogens with zero attached hydrogens (tertiary/aromatic N) is 4. The van der Waals surface area contributed by atoms with Crippen LogP contribution in [0.3, 0.4) is 0 Å². The van der Waals surface area contributed by atoms with Crippen LogP contribution in [0.4, 0.5) is 11.4 Å². The smallest absolute Gasteiger partial charge is 0.255 e. The number of amides is 1. The fourth-order valence-electron chi connectivity index (χ4n) is 3.78. The number of aryl methyl sites for hydroxylation is 2. The molecule has 0 aliphatic rings. The van der Waals surface area contributed by atoms with E-state index in [0.29, 0.717) is 21.8 Å². The van der Waals surface area contributed by atoms with Gasteiger partial charge in [0.1, 0.15) is 11.0 Å². The van der Waals surface area contributed by atoms with Gasteiger partial charge in [-0.05, 0) is 87.4 Å². The highest BCUT2D eigenvalue weighted by Crippen LogP contribution is 2.25. The van der Waals surface area contributed by atoms with E-state index in [-0.39, 0.29) is 5.91 Å². The van der Waals surface area contributed by atoms with Gasteiger partial charge in [-0.25, -0.2) is 0 Å².